The smallest absolute Gasteiger partial charge is 0.167 e. The summed E-state index contributed by atoms with van der Waals surface area (Å²) < 4.78 is 5.67. The lowest BCUT2D eigenvalue weighted by molar-refractivity contribution is 0.321. The summed E-state index contributed by atoms with van der Waals surface area (Å²) in [5.41, 5.74) is 0. The van der Waals surface area contributed by atoms with Gasteiger partial charge < -0.3 is 9.94 Å². The monoisotopic (exact) mass is 207 g/mol. The van der Waals surface area contributed by atoms with Crippen molar-refractivity contribution >= 4 is 39.1 Å². The van der Waals surface area contributed by atoms with Crippen LogP contribution in [0.15, 0.2) is 5.16 Å². The molecular formula is C5H5NO2S3. The molecule has 0 atom stereocenters. The number of oxime groups is 1. The van der Waals surface area contributed by atoms with Crippen LogP contribution in [0.25, 0.3) is 0 Å². The zero-order valence-electron chi connectivity index (χ0n) is 5.60. The average Bonchev–Trinajstić information content (AvgIpc) is 2.33. The van der Waals surface area contributed by atoms with Gasteiger partial charge in [0.25, 0.3) is 0 Å². The molecule has 1 aromatic rings. The fourth-order valence-electron chi connectivity index (χ4n) is 0.576. The molecule has 0 aliphatic heterocycles. The van der Waals surface area contributed by atoms with Gasteiger partial charge in [-0.2, -0.15) is 0 Å². The predicted octanol–water partition coefficient (Wildman–Crippen LogP) is 2.36. The van der Waals surface area contributed by atoms with Crippen molar-refractivity contribution in [3.8, 4) is 5.75 Å². The minimum absolute atomic E-state index is 0.618. The van der Waals surface area contributed by atoms with E-state index in [0.29, 0.717) is 9.57 Å². The minimum Gasteiger partial charge on any atom is -0.493 e. The molecule has 1 aromatic heterocycles. The Labute approximate surface area is 75.9 Å². The van der Waals surface area contributed by atoms with Crippen LogP contribution >= 0.6 is 32.9 Å². The van der Waals surface area contributed by atoms with E-state index in [0.717, 1.165) is 4.88 Å². The summed E-state index contributed by atoms with van der Waals surface area (Å²) in [4.78, 5) is 0.755. The Balaban J connectivity index is 3.15. The van der Waals surface area contributed by atoms with Crippen LogP contribution in [0.4, 0.5) is 0 Å². The first-order chi connectivity index (χ1) is 5.29. The molecule has 0 radical (unpaired) electrons. The molecule has 0 saturated carbocycles. The van der Waals surface area contributed by atoms with E-state index in [-0.39, 0.29) is 0 Å². The van der Waals surface area contributed by atoms with Gasteiger partial charge in [0.2, 0.25) is 0 Å². The van der Waals surface area contributed by atoms with Gasteiger partial charge in [-0.1, -0.05) is 38.1 Å². The van der Waals surface area contributed by atoms with Gasteiger partial charge in [0.1, 0.15) is 8.70 Å². The van der Waals surface area contributed by atoms with Crippen molar-refractivity contribution in [3.05, 3.63) is 8.70 Å². The second-order valence-corrected chi connectivity index (χ2v) is 4.44. The standard InChI is InChI=1S/C5H5NO2S3/c1-8-4-3(2-6-7)10-11-5(4)9/h2,7H,1H3/b6-2+. The van der Waals surface area contributed by atoms with E-state index in [4.69, 9.17) is 22.2 Å². The summed E-state index contributed by atoms with van der Waals surface area (Å²) in [5.74, 6) is 0.618. The van der Waals surface area contributed by atoms with Gasteiger partial charge in [0, 0.05) is 0 Å². The van der Waals surface area contributed by atoms with Crippen LogP contribution in [0.3, 0.4) is 0 Å². The van der Waals surface area contributed by atoms with Gasteiger partial charge in [0.05, 0.1) is 13.3 Å². The van der Waals surface area contributed by atoms with Crippen LogP contribution in [0.5, 0.6) is 5.75 Å². The van der Waals surface area contributed by atoms with E-state index < -0.39 is 0 Å². The van der Waals surface area contributed by atoms with Gasteiger partial charge in [-0.3, -0.25) is 0 Å². The Bertz CT molecular complexity index is 314. The van der Waals surface area contributed by atoms with Crippen LogP contribution < -0.4 is 4.74 Å². The Kier molecular flexibility index (Phi) is 2.98. The van der Waals surface area contributed by atoms with Gasteiger partial charge in [-0.25, -0.2) is 0 Å². The van der Waals surface area contributed by atoms with Crippen molar-refractivity contribution in [2.75, 3.05) is 7.11 Å². The molecule has 1 heterocycles. The summed E-state index contributed by atoms with van der Waals surface area (Å²) in [6.07, 6.45) is 1.32. The summed E-state index contributed by atoms with van der Waals surface area (Å²) in [7, 11) is 4.39. The molecule has 0 bridgehead atoms. The largest absolute Gasteiger partial charge is 0.493 e. The first-order valence-corrected chi connectivity index (χ1v) is 5.20. The zero-order chi connectivity index (χ0) is 8.27. The summed E-state index contributed by atoms with van der Waals surface area (Å²) in [5, 5.41) is 11.1. The van der Waals surface area contributed by atoms with Crippen LogP contribution in [0, 0.1) is 3.82 Å². The van der Waals surface area contributed by atoms with Crippen molar-refractivity contribution < 1.29 is 9.94 Å². The topological polar surface area (TPSA) is 41.8 Å². The number of methoxy groups -OCH3 is 1. The van der Waals surface area contributed by atoms with Crippen LogP contribution in [0.1, 0.15) is 4.88 Å². The van der Waals surface area contributed by atoms with Crippen molar-refractivity contribution in [2.24, 2.45) is 5.16 Å². The molecular weight excluding hydrogens is 202 g/mol. The molecule has 0 amide bonds. The Hall–Kier alpha value is -0.460. The van der Waals surface area contributed by atoms with Crippen LogP contribution in [-0.4, -0.2) is 18.5 Å². The first kappa shape index (κ1) is 8.63. The fraction of sp³-hybridized carbons (Fsp3) is 0.200. The normalized spacial score (nSPS) is 10.6. The van der Waals surface area contributed by atoms with Crippen LogP contribution in [0.2, 0.25) is 0 Å². The molecule has 6 heteroatoms. The highest BCUT2D eigenvalue weighted by molar-refractivity contribution is 7.80. The lowest BCUT2D eigenvalue weighted by Crippen LogP contribution is -1.84. The summed E-state index contributed by atoms with van der Waals surface area (Å²) in [6, 6.07) is 0. The number of nitrogens with zero attached hydrogens (tertiary/aromatic N) is 1. The highest BCUT2D eigenvalue weighted by atomic mass is 32.9. The Morgan fingerprint density at radius 1 is 1.64 bits per heavy atom. The Morgan fingerprint density at radius 2 is 2.36 bits per heavy atom. The van der Waals surface area contributed by atoms with Gasteiger partial charge in [-0.15, -0.1) is 0 Å². The molecule has 0 unspecified atom stereocenters. The van der Waals surface area contributed by atoms with Crippen molar-refractivity contribution in [1.82, 2.24) is 0 Å². The molecule has 1 N–H and O–H groups in total. The van der Waals surface area contributed by atoms with E-state index in [9.17, 15) is 0 Å². The molecule has 11 heavy (non-hydrogen) atoms. The molecule has 0 saturated heterocycles. The van der Waals surface area contributed by atoms with Crippen molar-refractivity contribution in [2.45, 2.75) is 0 Å². The maximum absolute atomic E-state index is 8.24. The second kappa shape index (κ2) is 3.80. The third-order valence-electron chi connectivity index (χ3n) is 0.995. The predicted molar refractivity (Wildman–Crippen MR) is 49.0 cm³/mol. The van der Waals surface area contributed by atoms with Gasteiger partial charge in [-0.05, 0) is 0 Å². The SMILES string of the molecule is COc1c(/C=N/O)ssc1=S. The average molecular weight is 207 g/mol. The maximum atomic E-state index is 8.24. The lowest BCUT2D eigenvalue weighted by Gasteiger charge is -1.92. The van der Waals surface area contributed by atoms with E-state index in [1.54, 1.807) is 7.11 Å². The minimum atomic E-state index is 0.618. The van der Waals surface area contributed by atoms with Crippen LogP contribution in [-0.2, 0) is 0 Å². The third kappa shape index (κ3) is 1.76. The summed E-state index contributed by atoms with van der Waals surface area (Å²) >= 11 is 4.95. The Morgan fingerprint density at radius 3 is 2.91 bits per heavy atom. The lowest BCUT2D eigenvalue weighted by atomic mass is 10.5. The number of hydrogen-bond donors (Lipinski definition) is 1. The van der Waals surface area contributed by atoms with E-state index in [2.05, 4.69) is 5.16 Å². The number of hydrogen-bond acceptors (Lipinski definition) is 6. The molecule has 0 fully saturated rings. The quantitative estimate of drug-likeness (QED) is 0.266. The highest BCUT2D eigenvalue weighted by Crippen LogP contribution is 2.29. The highest BCUT2D eigenvalue weighted by Gasteiger charge is 2.05. The molecule has 0 aliphatic carbocycles. The fourth-order valence-corrected chi connectivity index (χ4v) is 3.07. The zero-order valence-corrected chi connectivity index (χ0v) is 8.05. The molecule has 60 valence electrons. The van der Waals surface area contributed by atoms with E-state index in [1.807, 2.05) is 0 Å². The van der Waals surface area contributed by atoms with Gasteiger partial charge >= 0.3 is 0 Å². The molecule has 0 aromatic carbocycles. The first-order valence-electron chi connectivity index (χ1n) is 2.64. The summed E-state index contributed by atoms with van der Waals surface area (Å²) in [6.45, 7) is 0. The number of rotatable bonds is 2. The maximum Gasteiger partial charge on any atom is 0.167 e. The van der Waals surface area contributed by atoms with Crippen molar-refractivity contribution in [1.29, 1.82) is 0 Å². The third-order valence-corrected chi connectivity index (χ3v) is 3.93. The van der Waals surface area contributed by atoms with E-state index >= 15 is 0 Å². The molecule has 0 aliphatic rings. The molecule has 1 rings (SSSR count). The molecule has 0 spiro atoms. The van der Waals surface area contributed by atoms with Crippen molar-refractivity contribution in [3.63, 3.8) is 0 Å². The molecule has 3 nitrogen and oxygen atoms in total. The second-order valence-electron chi connectivity index (χ2n) is 1.60. The van der Waals surface area contributed by atoms with E-state index in [1.165, 1.54) is 26.9 Å². The van der Waals surface area contributed by atoms with Gasteiger partial charge in [0.15, 0.2) is 5.75 Å². The number of ether oxygens (including phenoxy) is 1.